The highest BCUT2D eigenvalue weighted by atomic mass is 79.9. The molecule has 0 saturated carbocycles. The molecule has 0 amide bonds. The van der Waals surface area contributed by atoms with Gasteiger partial charge < -0.3 is 34.7 Å². The molecule has 0 saturated heterocycles. The monoisotopic (exact) mass is 469 g/mol. The Balaban J connectivity index is 0. The van der Waals surface area contributed by atoms with Gasteiger partial charge in [-0.25, -0.2) is 0 Å². The van der Waals surface area contributed by atoms with Crippen molar-refractivity contribution < 1.29 is 34.7 Å². The molecule has 0 heterocycles. The highest BCUT2D eigenvalue weighted by Crippen LogP contribution is 2.31. The smallest absolute Gasteiger partial charge is 0.562 e. The molecule has 0 radical (unpaired) electrons. The van der Waals surface area contributed by atoms with E-state index in [1.165, 1.54) is 58.2 Å². The van der Waals surface area contributed by atoms with Gasteiger partial charge in [-0.05, 0) is 40.0 Å². The molecule has 0 spiro atoms. The predicted molar refractivity (Wildman–Crippen MR) is 114 cm³/mol. The summed E-state index contributed by atoms with van der Waals surface area (Å²) >= 11 is 0. The van der Waals surface area contributed by atoms with Crippen molar-refractivity contribution in [1.29, 1.82) is 0 Å². The van der Waals surface area contributed by atoms with Crippen molar-refractivity contribution in [2.75, 3.05) is 39.5 Å². The zero-order valence-corrected chi connectivity index (χ0v) is 21.9. The van der Waals surface area contributed by atoms with Crippen molar-refractivity contribution in [3.05, 3.63) is 0 Å². The van der Waals surface area contributed by atoms with Crippen molar-refractivity contribution in [1.82, 2.24) is 0 Å². The van der Waals surface area contributed by atoms with Crippen LogP contribution in [0.3, 0.4) is 0 Å². The molecule has 0 aliphatic rings. The van der Waals surface area contributed by atoms with Crippen molar-refractivity contribution in [3.8, 4) is 0 Å². The fourth-order valence-corrected chi connectivity index (χ4v) is 7.80. The van der Waals surface area contributed by atoms with E-state index in [-0.39, 0.29) is 17.0 Å². The van der Waals surface area contributed by atoms with Crippen LogP contribution in [-0.4, -0.2) is 58.4 Å². The van der Waals surface area contributed by atoms with E-state index in [9.17, 15) is 0 Å². The Morgan fingerprint density at radius 2 is 0.963 bits per heavy atom. The summed E-state index contributed by atoms with van der Waals surface area (Å²) in [7, 11) is -2.74. The van der Waals surface area contributed by atoms with Crippen LogP contribution < -0.4 is 17.0 Å². The standard InChI is InChI=1S/C21H48NO3Si.BrH/c1-8-15-18-22(19-16-9-2,20-17-10-3)21(11-4)26(23-12-5,24-13-6)25-14-7;/h21H,8-20H2,1-7H3;1H/q+1;/p-1. The molecule has 0 N–H and O–H groups in total. The van der Waals surface area contributed by atoms with E-state index in [4.69, 9.17) is 13.3 Å². The van der Waals surface area contributed by atoms with E-state index < -0.39 is 8.80 Å². The van der Waals surface area contributed by atoms with Gasteiger partial charge in [0.2, 0.25) is 0 Å². The van der Waals surface area contributed by atoms with Crippen LogP contribution in [0.2, 0.25) is 0 Å². The van der Waals surface area contributed by atoms with E-state index in [0.717, 1.165) is 10.9 Å². The van der Waals surface area contributed by atoms with Crippen molar-refractivity contribution >= 4 is 8.80 Å². The Bertz CT molecular complexity index is 296. The molecule has 0 aliphatic heterocycles. The maximum absolute atomic E-state index is 6.39. The van der Waals surface area contributed by atoms with Crippen LogP contribution in [0.15, 0.2) is 0 Å². The minimum Gasteiger partial charge on any atom is -1.00 e. The number of unbranched alkanes of at least 4 members (excludes halogenated alkanes) is 3. The van der Waals surface area contributed by atoms with Gasteiger partial charge in [-0.15, -0.1) is 0 Å². The fraction of sp³-hybridized carbons (Fsp3) is 1.00. The average Bonchev–Trinajstić information content (AvgIpc) is 2.63. The van der Waals surface area contributed by atoms with Crippen LogP contribution >= 0.6 is 0 Å². The molecular formula is C21H48BrNO3Si. The summed E-state index contributed by atoms with van der Waals surface area (Å²) in [5.41, 5.74) is 0.340. The van der Waals surface area contributed by atoms with Crippen molar-refractivity contribution in [2.24, 2.45) is 0 Å². The molecule has 0 rings (SSSR count). The molecular weight excluding hydrogens is 422 g/mol. The highest BCUT2D eigenvalue weighted by Gasteiger charge is 2.58. The van der Waals surface area contributed by atoms with Gasteiger partial charge in [0.25, 0.3) is 0 Å². The molecule has 166 valence electrons. The first kappa shape index (κ1) is 29.7. The highest BCUT2D eigenvalue weighted by molar-refractivity contribution is 6.62. The van der Waals surface area contributed by atoms with Gasteiger partial charge >= 0.3 is 8.80 Å². The largest absolute Gasteiger partial charge is 1.00 e. The molecule has 0 aromatic heterocycles. The van der Waals surface area contributed by atoms with Gasteiger partial charge in [0.05, 0.1) is 19.6 Å². The Kier molecular flexibility index (Phi) is 19.2. The third-order valence-electron chi connectivity index (χ3n) is 5.36. The lowest BCUT2D eigenvalue weighted by atomic mass is 10.1. The summed E-state index contributed by atoms with van der Waals surface area (Å²) < 4.78 is 20.3. The van der Waals surface area contributed by atoms with Crippen LogP contribution in [0.25, 0.3) is 0 Å². The summed E-state index contributed by atoms with van der Waals surface area (Å²) in [6.07, 6.45) is 8.56. The second kappa shape index (κ2) is 17.4. The number of rotatable bonds is 18. The van der Waals surface area contributed by atoms with Crippen LogP contribution in [0, 0.1) is 0 Å². The molecule has 27 heavy (non-hydrogen) atoms. The lowest BCUT2D eigenvalue weighted by Gasteiger charge is -2.49. The number of hydrogen-bond acceptors (Lipinski definition) is 3. The van der Waals surface area contributed by atoms with Gasteiger partial charge in [0, 0.05) is 26.2 Å². The molecule has 0 aromatic carbocycles. The quantitative estimate of drug-likeness (QED) is 0.228. The Morgan fingerprint density at radius 1 is 0.630 bits per heavy atom. The Labute approximate surface area is 182 Å². The fourth-order valence-electron chi connectivity index (χ4n) is 4.21. The summed E-state index contributed by atoms with van der Waals surface area (Å²) in [6, 6.07) is 0. The van der Waals surface area contributed by atoms with E-state index in [0.29, 0.717) is 25.5 Å². The molecule has 6 heteroatoms. The molecule has 0 fully saturated rings. The lowest BCUT2D eigenvalue weighted by Crippen LogP contribution is -3.00. The lowest BCUT2D eigenvalue weighted by molar-refractivity contribution is -0.943. The van der Waals surface area contributed by atoms with Crippen LogP contribution in [0.5, 0.6) is 0 Å². The summed E-state index contributed by atoms with van der Waals surface area (Å²) in [5, 5.41) is 0. The van der Waals surface area contributed by atoms with Gasteiger partial charge in [-0.1, -0.05) is 47.0 Å². The molecule has 0 bridgehead atoms. The summed E-state index contributed by atoms with van der Waals surface area (Å²) in [5.74, 6) is 0. The maximum Gasteiger partial charge on any atom is 0.562 e. The minimum atomic E-state index is -2.74. The Hall–Kier alpha value is 0.537. The van der Waals surface area contributed by atoms with Gasteiger partial charge in [-0.3, -0.25) is 0 Å². The van der Waals surface area contributed by atoms with Gasteiger partial charge in [-0.2, -0.15) is 0 Å². The van der Waals surface area contributed by atoms with E-state index in [2.05, 4.69) is 48.5 Å². The number of hydrogen-bond donors (Lipinski definition) is 0. The average molecular weight is 471 g/mol. The van der Waals surface area contributed by atoms with Crippen LogP contribution in [0.4, 0.5) is 0 Å². The molecule has 0 aromatic rings. The predicted octanol–water partition coefficient (Wildman–Crippen LogP) is 2.57. The SMILES string of the molecule is CCCC[N+](CCCC)(CCCC)C(CC)[Si](OCC)(OCC)OCC.[Br-]. The first-order valence-electron chi connectivity index (χ1n) is 11.3. The molecule has 0 aliphatic carbocycles. The summed E-state index contributed by atoms with van der Waals surface area (Å²) in [4.78, 5) is 0. The number of nitrogens with zero attached hydrogens (tertiary/aromatic N) is 1. The molecule has 1 unspecified atom stereocenters. The van der Waals surface area contributed by atoms with Crippen LogP contribution in [0.1, 0.15) is 93.4 Å². The van der Waals surface area contributed by atoms with Crippen LogP contribution in [-0.2, 0) is 13.3 Å². The molecule has 4 nitrogen and oxygen atoms in total. The van der Waals surface area contributed by atoms with E-state index in [1.807, 2.05) is 0 Å². The zero-order valence-electron chi connectivity index (χ0n) is 19.3. The topological polar surface area (TPSA) is 27.7 Å². The maximum atomic E-state index is 6.39. The first-order valence-corrected chi connectivity index (χ1v) is 13.1. The van der Waals surface area contributed by atoms with Gasteiger partial charge in [0.15, 0.2) is 5.67 Å². The third-order valence-corrected chi connectivity index (χ3v) is 9.21. The van der Waals surface area contributed by atoms with Crippen molar-refractivity contribution in [2.45, 2.75) is 99.1 Å². The third kappa shape index (κ3) is 9.26. The number of halogens is 1. The Morgan fingerprint density at radius 3 is 1.19 bits per heavy atom. The zero-order chi connectivity index (χ0) is 19.9. The first-order chi connectivity index (χ1) is 12.6. The second-order valence-electron chi connectivity index (χ2n) is 7.28. The molecule has 1 atom stereocenters. The van der Waals surface area contributed by atoms with E-state index in [1.54, 1.807) is 0 Å². The minimum absolute atomic E-state index is 0. The summed E-state index contributed by atoms with van der Waals surface area (Å²) in [6.45, 7) is 21.1. The second-order valence-corrected chi connectivity index (χ2v) is 10.0. The van der Waals surface area contributed by atoms with Gasteiger partial charge in [0.1, 0.15) is 0 Å². The normalized spacial score (nSPS) is 13.4. The number of quaternary nitrogens is 1. The van der Waals surface area contributed by atoms with E-state index >= 15 is 0 Å². The van der Waals surface area contributed by atoms with Crippen molar-refractivity contribution in [3.63, 3.8) is 0 Å².